The van der Waals surface area contributed by atoms with Gasteiger partial charge in [0, 0.05) is 23.7 Å². The SMILES string of the molecule is COC(=O)C1=C(C)N[C@@]2(O)COC(=O)[C@H]2[C@@H]1c1cccc([N+](=O)[O-])c1. The largest absolute Gasteiger partial charge is 0.466 e. The normalized spacial score (nSPS) is 28.0. The minimum absolute atomic E-state index is 0.122. The van der Waals surface area contributed by atoms with Crippen LogP contribution in [0.15, 0.2) is 35.5 Å². The number of cyclic esters (lactones) is 1. The van der Waals surface area contributed by atoms with E-state index in [-0.39, 0.29) is 17.9 Å². The summed E-state index contributed by atoms with van der Waals surface area (Å²) in [6, 6.07) is 5.60. The first-order valence-electron chi connectivity index (χ1n) is 7.49. The first-order valence-corrected chi connectivity index (χ1v) is 7.49. The number of nitrogens with zero attached hydrogens (tertiary/aromatic N) is 1. The number of methoxy groups -OCH3 is 1. The van der Waals surface area contributed by atoms with Crippen molar-refractivity contribution in [3.63, 3.8) is 0 Å². The first kappa shape index (κ1) is 16.9. The Bertz CT molecular complexity index is 803. The number of benzene rings is 1. The molecule has 0 radical (unpaired) electrons. The van der Waals surface area contributed by atoms with E-state index in [1.165, 1.54) is 25.3 Å². The molecule has 1 fully saturated rings. The van der Waals surface area contributed by atoms with E-state index in [9.17, 15) is 24.8 Å². The average molecular weight is 348 g/mol. The van der Waals surface area contributed by atoms with Crippen molar-refractivity contribution in [2.24, 2.45) is 5.92 Å². The van der Waals surface area contributed by atoms with Crippen molar-refractivity contribution in [3.8, 4) is 0 Å². The van der Waals surface area contributed by atoms with Crippen molar-refractivity contribution in [1.29, 1.82) is 0 Å². The van der Waals surface area contributed by atoms with Crippen molar-refractivity contribution in [2.75, 3.05) is 13.7 Å². The van der Waals surface area contributed by atoms with Gasteiger partial charge in [-0.1, -0.05) is 12.1 Å². The fourth-order valence-electron chi connectivity index (χ4n) is 3.45. The molecule has 132 valence electrons. The van der Waals surface area contributed by atoms with E-state index in [0.29, 0.717) is 11.3 Å². The van der Waals surface area contributed by atoms with Gasteiger partial charge in [0.25, 0.3) is 5.69 Å². The fourth-order valence-corrected chi connectivity index (χ4v) is 3.45. The van der Waals surface area contributed by atoms with E-state index in [2.05, 4.69) is 5.32 Å². The summed E-state index contributed by atoms with van der Waals surface area (Å²) in [4.78, 5) is 35.0. The number of fused-ring (bicyclic) bond motifs is 1. The van der Waals surface area contributed by atoms with Gasteiger partial charge in [-0.05, 0) is 12.5 Å². The topological polar surface area (TPSA) is 128 Å². The first-order chi connectivity index (χ1) is 11.8. The molecule has 0 saturated carbocycles. The number of rotatable bonds is 3. The third kappa shape index (κ3) is 2.62. The van der Waals surface area contributed by atoms with Gasteiger partial charge in [-0.15, -0.1) is 0 Å². The molecule has 3 rings (SSSR count). The molecule has 0 aliphatic carbocycles. The van der Waals surface area contributed by atoms with E-state index in [1.807, 2.05) is 0 Å². The maximum absolute atomic E-state index is 12.3. The number of non-ortho nitro benzene ring substituents is 1. The lowest BCUT2D eigenvalue weighted by Gasteiger charge is -2.39. The van der Waals surface area contributed by atoms with Crippen molar-refractivity contribution in [2.45, 2.75) is 18.6 Å². The Labute approximate surface area is 142 Å². The molecule has 0 unspecified atom stereocenters. The molecular weight excluding hydrogens is 332 g/mol. The molecule has 0 amide bonds. The molecule has 2 N–H and O–H groups in total. The highest BCUT2D eigenvalue weighted by atomic mass is 16.6. The molecule has 1 saturated heterocycles. The van der Waals surface area contributed by atoms with Gasteiger partial charge in [-0.2, -0.15) is 0 Å². The van der Waals surface area contributed by atoms with Crippen molar-refractivity contribution >= 4 is 17.6 Å². The number of hydrogen-bond donors (Lipinski definition) is 2. The molecule has 0 spiro atoms. The summed E-state index contributed by atoms with van der Waals surface area (Å²) < 4.78 is 9.78. The van der Waals surface area contributed by atoms with E-state index >= 15 is 0 Å². The number of esters is 2. The Morgan fingerprint density at radius 2 is 2.24 bits per heavy atom. The summed E-state index contributed by atoms with van der Waals surface area (Å²) in [5.74, 6) is -3.45. The second-order valence-electron chi connectivity index (χ2n) is 5.99. The number of allylic oxidation sites excluding steroid dienone is 1. The number of nitrogens with one attached hydrogen (secondary N) is 1. The monoisotopic (exact) mass is 348 g/mol. The summed E-state index contributed by atoms with van der Waals surface area (Å²) in [6.45, 7) is 1.28. The third-order valence-electron chi connectivity index (χ3n) is 4.50. The van der Waals surface area contributed by atoms with Crippen LogP contribution < -0.4 is 5.32 Å². The van der Waals surface area contributed by atoms with Crippen LogP contribution in [0.4, 0.5) is 5.69 Å². The molecule has 2 aliphatic heterocycles. The molecule has 0 aromatic heterocycles. The number of nitro benzene ring substituents is 1. The lowest BCUT2D eigenvalue weighted by Crippen LogP contribution is -2.57. The maximum Gasteiger partial charge on any atom is 0.336 e. The van der Waals surface area contributed by atoms with Crippen LogP contribution in [-0.4, -0.2) is 41.4 Å². The molecule has 3 atom stereocenters. The molecule has 2 aliphatic rings. The quantitative estimate of drug-likeness (QED) is 0.461. The highest BCUT2D eigenvalue weighted by Crippen LogP contribution is 2.46. The number of nitro groups is 1. The van der Waals surface area contributed by atoms with Crippen LogP contribution in [0, 0.1) is 16.0 Å². The molecule has 1 aromatic rings. The van der Waals surface area contributed by atoms with Crippen LogP contribution in [0.2, 0.25) is 0 Å². The Kier molecular flexibility index (Phi) is 3.96. The second kappa shape index (κ2) is 5.85. The summed E-state index contributed by atoms with van der Waals surface area (Å²) in [5.41, 5.74) is -1.10. The van der Waals surface area contributed by atoms with Crippen molar-refractivity contribution < 1.29 is 29.1 Å². The summed E-state index contributed by atoms with van der Waals surface area (Å²) in [6.07, 6.45) is 0. The van der Waals surface area contributed by atoms with Crippen molar-refractivity contribution in [3.05, 3.63) is 51.2 Å². The summed E-state index contributed by atoms with van der Waals surface area (Å²) in [5, 5.41) is 24.6. The standard InChI is InChI=1S/C16H16N2O7/c1-8-11(14(19)24-2)12(9-4-3-5-10(6-9)18(22)23)13-15(20)25-7-16(13,21)17-8/h3-6,12-13,17,21H,7H2,1-2H3/t12-,13-,16-/m1/s1. The number of aliphatic hydroxyl groups is 1. The van der Waals surface area contributed by atoms with Crippen LogP contribution >= 0.6 is 0 Å². The minimum atomic E-state index is -1.70. The van der Waals surface area contributed by atoms with Gasteiger partial charge in [0.1, 0.15) is 12.5 Å². The predicted octanol–water partition coefficient (Wildman–Crippen LogP) is 0.590. The highest BCUT2D eigenvalue weighted by Gasteiger charge is 2.58. The molecule has 9 nitrogen and oxygen atoms in total. The Hall–Kier alpha value is -2.94. The number of hydrogen-bond acceptors (Lipinski definition) is 8. The number of carbonyl (C=O) groups excluding carboxylic acids is 2. The lowest BCUT2D eigenvalue weighted by molar-refractivity contribution is -0.384. The maximum atomic E-state index is 12.3. The van der Waals surface area contributed by atoms with E-state index in [0.717, 1.165) is 0 Å². The van der Waals surface area contributed by atoms with E-state index in [1.54, 1.807) is 13.0 Å². The average Bonchev–Trinajstić information content (AvgIpc) is 2.87. The van der Waals surface area contributed by atoms with Gasteiger partial charge in [0.15, 0.2) is 5.72 Å². The molecule has 9 heteroatoms. The van der Waals surface area contributed by atoms with Gasteiger partial charge in [0.05, 0.1) is 17.6 Å². The van der Waals surface area contributed by atoms with E-state index < -0.39 is 34.4 Å². The zero-order valence-corrected chi connectivity index (χ0v) is 13.5. The molecular formula is C16H16N2O7. The zero-order valence-electron chi connectivity index (χ0n) is 13.5. The van der Waals surface area contributed by atoms with Crippen LogP contribution in [0.25, 0.3) is 0 Å². The number of carbonyl (C=O) groups is 2. The Morgan fingerprint density at radius 1 is 1.52 bits per heavy atom. The predicted molar refractivity (Wildman–Crippen MR) is 83.1 cm³/mol. The minimum Gasteiger partial charge on any atom is -0.466 e. The van der Waals surface area contributed by atoms with Gasteiger partial charge in [-0.3, -0.25) is 14.9 Å². The number of ether oxygens (including phenoxy) is 2. The molecule has 25 heavy (non-hydrogen) atoms. The van der Waals surface area contributed by atoms with E-state index in [4.69, 9.17) is 9.47 Å². The summed E-state index contributed by atoms with van der Waals surface area (Å²) >= 11 is 0. The van der Waals surface area contributed by atoms with Gasteiger partial charge >= 0.3 is 11.9 Å². The smallest absolute Gasteiger partial charge is 0.336 e. The second-order valence-corrected chi connectivity index (χ2v) is 5.99. The van der Waals surface area contributed by atoms with Crippen LogP contribution in [-0.2, 0) is 19.1 Å². The summed E-state index contributed by atoms with van der Waals surface area (Å²) in [7, 11) is 1.20. The zero-order chi connectivity index (χ0) is 18.4. The van der Waals surface area contributed by atoms with Crippen LogP contribution in [0.5, 0.6) is 0 Å². The Balaban J connectivity index is 2.21. The molecule has 0 bridgehead atoms. The molecule has 2 heterocycles. The molecule has 1 aromatic carbocycles. The van der Waals surface area contributed by atoms with Crippen molar-refractivity contribution in [1.82, 2.24) is 5.32 Å². The van der Waals surface area contributed by atoms with Gasteiger partial charge in [0.2, 0.25) is 0 Å². The van der Waals surface area contributed by atoms with Crippen LogP contribution in [0.3, 0.4) is 0 Å². The van der Waals surface area contributed by atoms with Crippen LogP contribution in [0.1, 0.15) is 18.4 Å². The Morgan fingerprint density at radius 3 is 2.88 bits per heavy atom. The highest BCUT2D eigenvalue weighted by molar-refractivity contribution is 5.94. The van der Waals surface area contributed by atoms with Gasteiger partial charge in [-0.25, -0.2) is 4.79 Å². The third-order valence-corrected chi connectivity index (χ3v) is 4.50. The fraction of sp³-hybridized carbons (Fsp3) is 0.375. The lowest BCUT2D eigenvalue weighted by atomic mass is 9.72. The van der Waals surface area contributed by atoms with Gasteiger partial charge < -0.3 is 19.9 Å².